The number of nitrogens with two attached hydrogens (primary N) is 1. The number of fused-ring (bicyclic) bond motifs is 1. The first-order chi connectivity index (χ1) is 11.5. The van der Waals surface area contributed by atoms with Crippen LogP contribution in [-0.2, 0) is 22.5 Å². The zero-order chi connectivity index (χ0) is 17.3. The van der Waals surface area contributed by atoms with Gasteiger partial charge in [0.15, 0.2) is 0 Å². The number of rotatable bonds is 2. The van der Waals surface area contributed by atoms with Crippen molar-refractivity contribution < 1.29 is 14.3 Å². The van der Waals surface area contributed by atoms with Crippen LogP contribution in [0.2, 0.25) is 5.02 Å². The molecule has 1 amide bonds. The lowest BCUT2D eigenvalue weighted by atomic mass is 9.93. The molecule has 1 aliphatic rings. The number of hydrogen-bond acceptors (Lipinski definition) is 5. The zero-order valence-corrected chi connectivity index (χ0v) is 13.8. The summed E-state index contributed by atoms with van der Waals surface area (Å²) in [5.41, 5.74) is 7.90. The number of methoxy groups -OCH3 is 1. The van der Waals surface area contributed by atoms with Gasteiger partial charge in [0.1, 0.15) is 11.9 Å². The van der Waals surface area contributed by atoms with Crippen LogP contribution in [0.1, 0.15) is 21.5 Å². The van der Waals surface area contributed by atoms with E-state index in [1.807, 2.05) is 24.3 Å². The van der Waals surface area contributed by atoms with Crippen molar-refractivity contribution >= 4 is 29.3 Å². The molecule has 1 aromatic heterocycles. The van der Waals surface area contributed by atoms with Crippen LogP contribution >= 0.6 is 11.6 Å². The predicted octanol–water partition coefficient (Wildman–Crippen LogP) is 2.06. The monoisotopic (exact) mass is 345 g/mol. The number of halogens is 1. The maximum Gasteiger partial charge on any atom is 0.328 e. The van der Waals surface area contributed by atoms with Crippen molar-refractivity contribution in [1.82, 2.24) is 9.88 Å². The van der Waals surface area contributed by atoms with Crippen molar-refractivity contribution in [3.63, 3.8) is 0 Å². The van der Waals surface area contributed by atoms with Gasteiger partial charge in [0.25, 0.3) is 5.91 Å². The fraction of sp³-hybridized carbons (Fsp3) is 0.235. The van der Waals surface area contributed by atoms with Gasteiger partial charge in [0.05, 0.1) is 17.7 Å². The summed E-state index contributed by atoms with van der Waals surface area (Å²) in [6.07, 6.45) is 1.77. The molecule has 2 N–H and O–H groups in total. The van der Waals surface area contributed by atoms with Crippen molar-refractivity contribution in [2.45, 2.75) is 19.0 Å². The van der Waals surface area contributed by atoms with E-state index in [-0.39, 0.29) is 22.3 Å². The summed E-state index contributed by atoms with van der Waals surface area (Å²) in [5, 5.41) is 0.202. The van der Waals surface area contributed by atoms with Crippen LogP contribution in [-0.4, -0.2) is 34.9 Å². The van der Waals surface area contributed by atoms with E-state index in [0.717, 1.165) is 11.1 Å². The molecule has 0 saturated carbocycles. The van der Waals surface area contributed by atoms with Gasteiger partial charge in [-0.2, -0.15) is 0 Å². The topological polar surface area (TPSA) is 85.5 Å². The lowest BCUT2D eigenvalue weighted by molar-refractivity contribution is -0.146. The molecule has 0 unspecified atom stereocenters. The number of carbonyl (C=O) groups excluding carboxylic acids is 2. The quantitative estimate of drug-likeness (QED) is 0.842. The SMILES string of the molecule is COC(=O)[C@H]1Cc2ccccc2CN1C(=O)c1cnc(N)c(Cl)c1. The highest BCUT2D eigenvalue weighted by molar-refractivity contribution is 6.33. The number of ether oxygens (including phenoxy) is 1. The molecule has 2 aromatic rings. The third-order valence-electron chi connectivity index (χ3n) is 4.10. The Labute approximate surface area is 144 Å². The highest BCUT2D eigenvalue weighted by atomic mass is 35.5. The lowest BCUT2D eigenvalue weighted by Gasteiger charge is -2.35. The summed E-state index contributed by atoms with van der Waals surface area (Å²) in [7, 11) is 1.31. The minimum absolute atomic E-state index is 0.154. The first-order valence-electron chi connectivity index (χ1n) is 7.38. The predicted molar refractivity (Wildman–Crippen MR) is 89.5 cm³/mol. The largest absolute Gasteiger partial charge is 0.467 e. The second kappa shape index (κ2) is 6.49. The van der Waals surface area contributed by atoms with Crippen molar-refractivity contribution in [1.29, 1.82) is 0 Å². The Morgan fingerprint density at radius 3 is 2.71 bits per heavy atom. The maximum absolute atomic E-state index is 12.9. The molecular formula is C17H16ClN3O3. The van der Waals surface area contributed by atoms with Crippen molar-refractivity contribution in [2.24, 2.45) is 0 Å². The molecular weight excluding hydrogens is 330 g/mol. The molecule has 0 aliphatic carbocycles. The maximum atomic E-state index is 12.9. The standard InChI is InChI=1S/C17H16ClN3O3/c1-24-17(23)14-7-10-4-2-3-5-11(10)9-21(14)16(22)12-6-13(18)15(19)20-8-12/h2-6,8,14H,7,9H2,1H3,(H2,19,20)/t14-/m1/s1. The van der Waals surface area contributed by atoms with Crippen LogP contribution in [0.5, 0.6) is 0 Å². The number of hydrogen-bond donors (Lipinski definition) is 1. The van der Waals surface area contributed by atoms with E-state index in [0.29, 0.717) is 13.0 Å². The minimum atomic E-state index is -0.686. The highest BCUT2D eigenvalue weighted by Gasteiger charge is 2.35. The molecule has 1 atom stereocenters. The van der Waals surface area contributed by atoms with Gasteiger partial charge in [0, 0.05) is 19.2 Å². The van der Waals surface area contributed by atoms with Gasteiger partial charge < -0.3 is 15.4 Å². The number of amides is 1. The lowest BCUT2D eigenvalue weighted by Crippen LogP contribution is -2.49. The molecule has 24 heavy (non-hydrogen) atoms. The van der Waals surface area contributed by atoms with Gasteiger partial charge in [0.2, 0.25) is 0 Å². The van der Waals surface area contributed by atoms with Gasteiger partial charge in [-0.15, -0.1) is 0 Å². The molecule has 0 radical (unpaired) electrons. The summed E-state index contributed by atoms with van der Waals surface area (Å²) >= 11 is 5.95. The number of esters is 1. The normalized spacial score (nSPS) is 16.4. The van der Waals surface area contributed by atoms with E-state index >= 15 is 0 Å². The number of benzene rings is 1. The smallest absolute Gasteiger partial charge is 0.328 e. The summed E-state index contributed by atoms with van der Waals surface area (Å²) in [5.74, 6) is -0.636. The van der Waals surface area contributed by atoms with Gasteiger partial charge in [-0.05, 0) is 17.2 Å². The van der Waals surface area contributed by atoms with E-state index in [4.69, 9.17) is 22.1 Å². The Kier molecular flexibility index (Phi) is 4.40. The molecule has 0 bridgehead atoms. The van der Waals surface area contributed by atoms with Crippen LogP contribution in [0.3, 0.4) is 0 Å². The van der Waals surface area contributed by atoms with E-state index < -0.39 is 12.0 Å². The van der Waals surface area contributed by atoms with Gasteiger partial charge in [-0.1, -0.05) is 35.9 Å². The molecule has 2 heterocycles. The van der Waals surface area contributed by atoms with E-state index in [2.05, 4.69) is 4.98 Å². The summed E-state index contributed by atoms with van der Waals surface area (Å²) < 4.78 is 4.87. The van der Waals surface area contributed by atoms with E-state index in [1.165, 1.54) is 24.3 Å². The molecule has 0 fully saturated rings. The average Bonchev–Trinajstić information content (AvgIpc) is 2.61. The number of pyridine rings is 1. The molecule has 0 spiro atoms. The Balaban J connectivity index is 1.98. The fourth-order valence-corrected chi connectivity index (χ4v) is 2.98. The summed E-state index contributed by atoms with van der Waals surface area (Å²) in [6, 6.07) is 8.48. The number of carbonyl (C=O) groups is 2. The first kappa shape index (κ1) is 16.3. The Morgan fingerprint density at radius 1 is 1.33 bits per heavy atom. The van der Waals surface area contributed by atoms with Crippen LogP contribution in [0.25, 0.3) is 0 Å². The van der Waals surface area contributed by atoms with Crippen LogP contribution in [0.15, 0.2) is 36.5 Å². The fourth-order valence-electron chi connectivity index (χ4n) is 2.81. The molecule has 7 heteroatoms. The number of anilines is 1. The summed E-state index contributed by atoms with van der Waals surface area (Å²) in [6.45, 7) is 0.316. The second-order valence-electron chi connectivity index (χ2n) is 5.54. The Morgan fingerprint density at radius 2 is 2.04 bits per heavy atom. The molecule has 6 nitrogen and oxygen atoms in total. The van der Waals surface area contributed by atoms with Crippen molar-refractivity contribution in [2.75, 3.05) is 12.8 Å². The van der Waals surface area contributed by atoms with Gasteiger partial charge >= 0.3 is 5.97 Å². The molecule has 3 rings (SSSR count). The summed E-state index contributed by atoms with van der Waals surface area (Å²) in [4.78, 5) is 30.4. The molecule has 1 aromatic carbocycles. The van der Waals surface area contributed by atoms with Gasteiger partial charge in [-0.3, -0.25) is 4.79 Å². The van der Waals surface area contributed by atoms with Crippen LogP contribution in [0, 0.1) is 0 Å². The zero-order valence-electron chi connectivity index (χ0n) is 13.0. The Hall–Kier alpha value is -2.60. The van der Waals surface area contributed by atoms with Crippen molar-refractivity contribution in [3.8, 4) is 0 Å². The Bertz CT molecular complexity index is 809. The molecule has 1 aliphatic heterocycles. The highest BCUT2D eigenvalue weighted by Crippen LogP contribution is 2.26. The van der Waals surface area contributed by atoms with Crippen LogP contribution < -0.4 is 5.73 Å². The van der Waals surface area contributed by atoms with E-state index in [9.17, 15) is 9.59 Å². The minimum Gasteiger partial charge on any atom is -0.467 e. The van der Waals surface area contributed by atoms with E-state index in [1.54, 1.807) is 0 Å². The number of aromatic nitrogens is 1. The third-order valence-corrected chi connectivity index (χ3v) is 4.40. The molecule has 124 valence electrons. The number of nitrogen functional groups attached to an aromatic ring is 1. The van der Waals surface area contributed by atoms with Gasteiger partial charge in [-0.25, -0.2) is 9.78 Å². The third kappa shape index (κ3) is 2.92. The first-order valence-corrected chi connectivity index (χ1v) is 7.75. The average molecular weight is 346 g/mol. The van der Waals surface area contributed by atoms with Crippen molar-refractivity contribution in [3.05, 3.63) is 58.2 Å². The second-order valence-corrected chi connectivity index (χ2v) is 5.94. The molecule has 0 saturated heterocycles. The number of nitrogens with zero attached hydrogens (tertiary/aromatic N) is 2. The van der Waals surface area contributed by atoms with Crippen LogP contribution in [0.4, 0.5) is 5.82 Å².